The SMILES string of the molecule is CC(=O)N[C@H]1C(C)(C)[C@@H]2C[C@@H]3[C@@H](CCNS(=O)(=O)c4cn(C(F)F)nc4C)OCCC31C2. The Labute approximate surface area is 187 Å². The van der Waals surface area contributed by atoms with Gasteiger partial charge in [-0.3, -0.25) is 4.79 Å². The molecule has 1 spiro atoms. The molecule has 3 aliphatic rings. The zero-order valence-electron chi connectivity index (χ0n) is 18.9. The maximum atomic E-state index is 12.8. The molecule has 0 radical (unpaired) electrons. The molecule has 2 bridgehead atoms. The van der Waals surface area contributed by atoms with Crippen LogP contribution in [0.2, 0.25) is 0 Å². The number of carbonyl (C=O) groups excluding carboxylic acids is 1. The second-order valence-corrected chi connectivity index (χ2v) is 11.8. The van der Waals surface area contributed by atoms with Crippen LogP contribution in [0.5, 0.6) is 0 Å². The average Bonchev–Trinajstić information content (AvgIpc) is 3.33. The number of hydrogen-bond donors (Lipinski definition) is 2. The lowest BCUT2D eigenvalue weighted by atomic mass is 9.59. The molecule has 11 heteroatoms. The molecule has 0 aromatic carbocycles. The minimum atomic E-state index is -3.96. The van der Waals surface area contributed by atoms with Crippen LogP contribution in [-0.4, -0.2) is 49.4 Å². The molecule has 32 heavy (non-hydrogen) atoms. The van der Waals surface area contributed by atoms with Crippen LogP contribution >= 0.6 is 0 Å². The predicted octanol–water partition coefficient (Wildman–Crippen LogP) is 2.60. The monoisotopic (exact) mass is 474 g/mol. The van der Waals surface area contributed by atoms with Crippen LogP contribution in [-0.2, 0) is 19.6 Å². The number of alkyl halides is 2. The topological polar surface area (TPSA) is 102 Å². The maximum absolute atomic E-state index is 12.8. The molecule has 1 amide bonds. The molecule has 1 saturated heterocycles. The molecule has 4 rings (SSSR count). The minimum absolute atomic E-state index is 0.00797. The van der Waals surface area contributed by atoms with E-state index in [9.17, 15) is 22.0 Å². The summed E-state index contributed by atoms with van der Waals surface area (Å²) < 4.78 is 59.9. The number of aromatic nitrogens is 2. The molecule has 1 aromatic rings. The summed E-state index contributed by atoms with van der Waals surface area (Å²) in [6.07, 6.45) is 4.15. The zero-order chi connectivity index (χ0) is 23.5. The fourth-order valence-electron chi connectivity index (χ4n) is 6.64. The van der Waals surface area contributed by atoms with Crippen molar-refractivity contribution in [3.63, 3.8) is 0 Å². The number of nitrogens with zero attached hydrogens (tertiary/aromatic N) is 2. The van der Waals surface area contributed by atoms with Gasteiger partial charge in [-0.15, -0.1) is 0 Å². The Hall–Kier alpha value is -1.59. The van der Waals surface area contributed by atoms with Crippen LogP contribution in [0.3, 0.4) is 0 Å². The molecule has 3 fully saturated rings. The van der Waals surface area contributed by atoms with Gasteiger partial charge < -0.3 is 10.1 Å². The van der Waals surface area contributed by atoms with Crippen molar-refractivity contribution in [3.05, 3.63) is 11.9 Å². The van der Waals surface area contributed by atoms with Gasteiger partial charge in [-0.25, -0.2) is 17.8 Å². The lowest BCUT2D eigenvalue weighted by molar-refractivity contribution is -0.135. The summed E-state index contributed by atoms with van der Waals surface area (Å²) in [6, 6.07) is 0.0715. The Morgan fingerprint density at radius 2 is 2.12 bits per heavy atom. The number of amides is 1. The quantitative estimate of drug-likeness (QED) is 0.633. The first-order chi connectivity index (χ1) is 14.9. The Bertz CT molecular complexity index is 996. The van der Waals surface area contributed by atoms with Gasteiger partial charge in [-0.05, 0) is 55.3 Å². The summed E-state index contributed by atoms with van der Waals surface area (Å²) in [5, 5.41) is 6.79. The number of sulfonamides is 1. The summed E-state index contributed by atoms with van der Waals surface area (Å²) in [5.74, 6) is 0.700. The van der Waals surface area contributed by atoms with Crippen LogP contribution in [0.15, 0.2) is 11.1 Å². The average molecular weight is 475 g/mol. The minimum Gasteiger partial charge on any atom is -0.378 e. The second kappa shape index (κ2) is 8.02. The Morgan fingerprint density at radius 1 is 1.41 bits per heavy atom. The molecule has 8 nitrogen and oxygen atoms in total. The van der Waals surface area contributed by atoms with E-state index in [-0.39, 0.29) is 51.9 Å². The van der Waals surface area contributed by atoms with E-state index in [1.54, 1.807) is 6.92 Å². The van der Waals surface area contributed by atoms with Crippen LogP contribution in [0.4, 0.5) is 8.78 Å². The fraction of sp³-hybridized carbons (Fsp3) is 0.810. The van der Waals surface area contributed by atoms with Gasteiger partial charge in [0.1, 0.15) is 4.90 Å². The van der Waals surface area contributed by atoms with E-state index in [4.69, 9.17) is 4.74 Å². The predicted molar refractivity (Wildman–Crippen MR) is 112 cm³/mol. The van der Waals surface area contributed by atoms with E-state index in [1.165, 1.54) is 6.92 Å². The van der Waals surface area contributed by atoms with Gasteiger partial charge in [0.05, 0.1) is 18.0 Å². The second-order valence-electron chi connectivity index (χ2n) is 10.1. The van der Waals surface area contributed by atoms with Crippen LogP contribution in [0, 0.1) is 29.6 Å². The highest BCUT2D eigenvalue weighted by Crippen LogP contribution is 2.68. The zero-order valence-corrected chi connectivity index (χ0v) is 19.7. The van der Waals surface area contributed by atoms with Crippen molar-refractivity contribution < 1.29 is 26.7 Å². The van der Waals surface area contributed by atoms with Crippen LogP contribution in [0.25, 0.3) is 0 Å². The van der Waals surface area contributed by atoms with Gasteiger partial charge in [0.25, 0.3) is 0 Å². The number of nitrogens with one attached hydrogen (secondary N) is 2. The molecule has 1 aromatic heterocycles. The van der Waals surface area contributed by atoms with E-state index in [1.807, 2.05) is 0 Å². The van der Waals surface area contributed by atoms with E-state index < -0.39 is 16.6 Å². The van der Waals surface area contributed by atoms with Gasteiger partial charge in [0.2, 0.25) is 15.9 Å². The fourth-order valence-corrected chi connectivity index (χ4v) is 7.86. The summed E-state index contributed by atoms with van der Waals surface area (Å²) in [4.78, 5) is 11.7. The summed E-state index contributed by atoms with van der Waals surface area (Å²) in [5.41, 5.74) is 0.00383. The van der Waals surface area contributed by atoms with E-state index in [2.05, 4.69) is 29.0 Å². The first-order valence-corrected chi connectivity index (χ1v) is 12.6. The maximum Gasteiger partial charge on any atom is 0.333 e. The number of rotatable bonds is 7. The first kappa shape index (κ1) is 23.6. The third-order valence-corrected chi connectivity index (χ3v) is 9.62. The molecule has 1 aliphatic heterocycles. The Balaban J connectivity index is 1.45. The first-order valence-electron chi connectivity index (χ1n) is 11.1. The van der Waals surface area contributed by atoms with Crippen molar-refractivity contribution >= 4 is 15.9 Å². The Kier molecular flexibility index (Phi) is 5.90. The number of halogens is 2. The van der Waals surface area contributed by atoms with Crippen LogP contribution < -0.4 is 10.0 Å². The van der Waals surface area contributed by atoms with Gasteiger partial charge in [-0.2, -0.15) is 13.9 Å². The highest BCUT2D eigenvalue weighted by Gasteiger charge is 2.68. The smallest absolute Gasteiger partial charge is 0.333 e. The lowest BCUT2D eigenvalue weighted by Crippen LogP contribution is -2.60. The van der Waals surface area contributed by atoms with E-state index in [0.717, 1.165) is 25.5 Å². The highest BCUT2D eigenvalue weighted by molar-refractivity contribution is 7.89. The van der Waals surface area contributed by atoms with Gasteiger partial charge in [0.15, 0.2) is 0 Å². The third kappa shape index (κ3) is 3.75. The molecule has 1 unspecified atom stereocenters. The van der Waals surface area contributed by atoms with E-state index in [0.29, 0.717) is 23.6 Å². The molecular weight excluding hydrogens is 442 g/mol. The lowest BCUT2D eigenvalue weighted by Gasteiger charge is -2.53. The number of hydrogen-bond acceptors (Lipinski definition) is 5. The van der Waals surface area contributed by atoms with Crippen molar-refractivity contribution in [2.75, 3.05) is 13.2 Å². The molecule has 5 atom stereocenters. The normalized spacial score (nSPS) is 33.5. The van der Waals surface area contributed by atoms with Gasteiger partial charge >= 0.3 is 6.55 Å². The molecule has 2 N–H and O–H groups in total. The van der Waals surface area contributed by atoms with Crippen molar-refractivity contribution in [1.29, 1.82) is 0 Å². The van der Waals surface area contributed by atoms with Crippen molar-refractivity contribution in [3.8, 4) is 0 Å². The van der Waals surface area contributed by atoms with E-state index >= 15 is 0 Å². The molecular formula is C21H32F2N4O4S. The highest BCUT2D eigenvalue weighted by atomic mass is 32.2. The van der Waals surface area contributed by atoms with Crippen molar-refractivity contribution in [2.45, 2.75) is 77.0 Å². The molecule has 2 saturated carbocycles. The standard InChI is InChI=1S/C21H32F2N4O4S/c1-12-17(11-27(26-12)19(22)23)32(29,30)24-7-5-16-15-9-14-10-21(15,6-8-31-16)18(20(14,3)4)25-13(2)28/h11,14-16,18-19,24H,5-10H2,1-4H3,(H,25,28)/t14-,15-,16-,18+,21?/m1/s1. The molecule has 2 heterocycles. The summed E-state index contributed by atoms with van der Waals surface area (Å²) in [7, 11) is -3.96. The third-order valence-electron chi connectivity index (χ3n) is 8.05. The van der Waals surface area contributed by atoms with Crippen molar-refractivity contribution in [2.24, 2.45) is 22.7 Å². The number of ether oxygens (including phenoxy) is 1. The van der Waals surface area contributed by atoms with Gasteiger partial charge in [-0.1, -0.05) is 13.8 Å². The largest absolute Gasteiger partial charge is 0.378 e. The Morgan fingerprint density at radius 3 is 2.75 bits per heavy atom. The number of carbonyl (C=O) groups is 1. The number of aryl methyl sites for hydroxylation is 1. The summed E-state index contributed by atoms with van der Waals surface area (Å²) >= 11 is 0. The molecule has 180 valence electrons. The number of fused-ring (bicyclic) bond motifs is 1. The summed E-state index contributed by atoms with van der Waals surface area (Å²) in [6.45, 7) is 5.21. The van der Waals surface area contributed by atoms with Crippen molar-refractivity contribution in [1.82, 2.24) is 19.8 Å². The molecule has 2 aliphatic carbocycles. The van der Waals surface area contributed by atoms with Crippen LogP contribution in [0.1, 0.15) is 58.7 Å². The van der Waals surface area contributed by atoms with Gasteiger partial charge in [0, 0.05) is 26.1 Å².